The predicted molar refractivity (Wildman–Crippen MR) is 67.4 cm³/mol. The normalized spacial score (nSPS) is 12.4. The lowest BCUT2D eigenvalue weighted by atomic mass is 9.87. The fourth-order valence-electron chi connectivity index (χ4n) is 1.41. The first-order chi connectivity index (χ1) is 7.27. The maximum absolute atomic E-state index is 11.7. The zero-order valence-corrected chi connectivity index (χ0v) is 10.8. The molecule has 16 heavy (non-hydrogen) atoms. The molecule has 0 N–H and O–H groups in total. The van der Waals surface area contributed by atoms with Crippen molar-refractivity contribution in [3.8, 4) is 0 Å². The van der Waals surface area contributed by atoms with Crippen molar-refractivity contribution in [2.24, 2.45) is 0 Å². The lowest BCUT2D eigenvalue weighted by molar-refractivity contribution is 0.587. The third-order valence-electron chi connectivity index (χ3n) is 2.42. The van der Waals surface area contributed by atoms with Crippen LogP contribution in [-0.2, 0) is 15.3 Å². The van der Waals surface area contributed by atoms with Crippen LogP contribution in [0.25, 0.3) is 0 Å². The van der Waals surface area contributed by atoms with Gasteiger partial charge in [-0.3, -0.25) is 0 Å². The highest BCUT2D eigenvalue weighted by Crippen LogP contribution is 2.23. The van der Waals surface area contributed by atoms with Crippen molar-refractivity contribution in [2.45, 2.75) is 31.1 Å². The van der Waals surface area contributed by atoms with Gasteiger partial charge in [0.1, 0.15) is 0 Å². The van der Waals surface area contributed by atoms with Gasteiger partial charge in [-0.1, -0.05) is 39.0 Å². The molecule has 0 amide bonds. The first-order valence-electron chi connectivity index (χ1n) is 5.21. The highest BCUT2D eigenvalue weighted by atomic mass is 32.2. The van der Waals surface area contributed by atoms with Gasteiger partial charge in [-0.05, 0) is 23.1 Å². The van der Waals surface area contributed by atoms with Crippen LogP contribution >= 0.6 is 0 Å². The maximum atomic E-state index is 11.7. The van der Waals surface area contributed by atoms with E-state index in [1.165, 1.54) is 6.08 Å². The average molecular weight is 238 g/mol. The van der Waals surface area contributed by atoms with Crippen molar-refractivity contribution < 1.29 is 8.42 Å². The lowest BCUT2D eigenvalue weighted by Crippen LogP contribution is -2.11. The molecule has 0 heterocycles. The van der Waals surface area contributed by atoms with E-state index in [1.807, 2.05) is 12.1 Å². The number of sulfone groups is 1. The van der Waals surface area contributed by atoms with E-state index in [0.717, 1.165) is 5.56 Å². The van der Waals surface area contributed by atoms with Crippen molar-refractivity contribution in [3.63, 3.8) is 0 Å². The Kier molecular flexibility index (Phi) is 3.58. The zero-order chi connectivity index (χ0) is 12.4. The van der Waals surface area contributed by atoms with Crippen LogP contribution < -0.4 is 0 Å². The van der Waals surface area contributed by atoms with Crippen LogP contribution in [0.4, 0.5) is 0 Å². The average Bonchev–Trinajstić information content (AvgIpc) is 2.16. The smallest absolute Gasteiger partial charge is 0.181 e. The van der Waals surface area contributed by atoms with Crippen molar-refractivity contribution in [1.29, 1.82) is 0 Å². The molecule has 1 aromatic rings. The fourth-order valence-corrected chi connectivity index (χ4v) is 2.47. The minimum atomic E-state index is -3.19. The van der Waals surface area contributed by atoms with E-state index in [9.17, 15) is 8.42 Å². The Labute approximate surface area is 97.9 Å². The summed E-state index contributed by atoms with van der Waals surface area (Å²) in [6.45, 7) is 9.74. The van der Waals surface area contributed by atoms with Crippen molar-refractivity contribution >= 4 is 9.84 Å². The quantitative estimate of drug-likeness (QED) is 0.759. The second kappa shape index (κ2) is 4.42. The summed E-state index contributed by atoms with van der Waals surface area (Å²) >= 11 is 0. The lowest BCUT2D eigenvalue weighted by Gasteiger charge is -2.19. The molecule has 0 unspecified atom stereocenters. The third-order valence-corrected chi connectivity index (χ3v) is 4.08. The zero-order valence-electron chi connectivity index (χ0n) is 10.0. The van der Waals surface area contributed by atoms with Gasteiger partial charge in [0.15, 0.2) is 9.84 Å². The number of hydrogen-bond donors (Lipinski definition) is 0. The Balaban J connectivity index is 3.09. The van der Waals surface area contributed by atoms with Crippen molar-refractivity contribution in [2.75, 3.05) is 5.75 Å². The van der Waals surface area contributed by atoms with Crippen LogP contribution in [0, 0.1) is 0 Å². The molecule has 0 aliphatic heterocycles. The summed E-state index contributed by atoms with van der Waals surface area (Å²) in [5.41, 5.74) is 1.17. The van der Waals surface area contributed by atoms with Gasteiger partial charge in [0, 0.05) is 0 Å². The molecule has 3 heteroatoms. The molecule has 0 saturated heterocycles. The van der Waals surface area contributed by atoms with Gasteiger partial charge in [0.05, 0.1) is 10.6 Å². The highest BCUT2D eigenvalue weighted by Gasteiger charge is 2.16. The van der Waals surface area contributed by atoms with Gasteiger partial charge in [0.25, 0.3) is 0 Å². The molecule has 0 aliphatic rings. The topological polar surface area (TPSA) is 34.1 Å². The molecule has 0 radical (unpaired) electrons. The minimum Gasteiger partial charge on any atom is -0.223 e. The summed E-state index contributed by atoms with van der Waals surface area (Å²) in [5, 5.41) is 0. The number of benzene rings is 1. The Morgan fingerprint density at radius 1 is 1.19 bits per heavy atom. The molecule has 0 aliphatic carbocycles. The molecular formula is C13H18O2S. The third kappa shape index (κ3) is 2.95. The van der Waals surface area contributed by atoms with E-state index >= 15 is 0 Å². The van der Waals surface area contributed by atoms with E-state index < -0.39 is 9.84 Å². The Bertz CT molecular complexity index is 462. The molecule has 1 rings (SSSR count). The molecule has 2 nitrogen and oxygen atoms in total. The molecule has 0 bridgehead atoms. The molecule has 88 valence electrons. The van der Waals surface area contributed by atoms with Gasteiger partial charge in [0.2, 0.25) is 0 Å². The van der Waals surface area contributed by atoms with Gasteiger partial charge in [-0.25, -0.2) is 8.42 Å². The summed E-state index contributed by atoms with van der Waals surface area (Å²) in [6.07, 6.45) is 1.41. The number of rotatable bonds is 3. The van der Waals surface area contributed by atoms with Crippen molar-refractivity contribution in [1.82, 2.24) is 0 Å². The fraction of sp³-hybridized carbons (Fsp3) is 0.385. The molecular weight excluding hydrogens is 220 g/mol. The van der Waals surface area contributed by atoms with E-state index in [4.69, 9.17) is 0 Å². The highest BCUT2D eigenvalue weighted by molar-refractivity contribution is 7.91. The standard InChI is InChI=1S/C13H18O2S/c1-5-10-16(14,15)12-8-6-11(7-9-12)13(2,3)4/h5-9H,1,10H2,2-4H3. The predicted octanol–water partition coefficient (Wildman–Crippen LogP) is 2.94. The van der Waals surface area contributed by atoms with Crippen LogP contribution in [0.15, 0.2) is 41.8 Å². The monoisotopic (exact) mass is 238 g/mol. The SMILES string of the molecule is C=CCS(=O)(=O)c1ccc(C(C)(C)C)cc1. The van der Waals surface area contributed by atoms with E-state index in [2.05, 4.69) is 27.4 Å². The van der Waals surface area contributed by atoms with Gasteiger partial charge < -0.3 is 0 Å². The molecule has 0 atom stereocenters. The van der Waals surface area contributed by atoms with Crippen LogP contribution in [-0.4, -0.2) is 14.2 Å². The Hall–Kier alpha value is -1.09. The van der Waals surface area contributed by atoms with Crippen molar-refractivity contribution in [3.05, 3.63) is 42.5 Å². The summed E-state index contributed by atoms with van der Waals surface area (Å²) in [6, 6.07) is 7.07. The van der Waals surface area contributed by atoms with Gasteiger partial charge in [-0.15, -0.1) is 6.58 Å². The minimum absolute atomic E-state index is 0.0120. The summed E-state index contributed by atoms with van der Waals surface area (Å²) in [5.74, 6) is -0.0120. The summed E-state index contributed by atoms with van der Waals surface area (Å²) in [4.78, 5) is 0.361. The Morgan fingerprint density at radius 2 is 1.69 bits per heavy atom. The second-order valence-electron chi connectivity index (χ2n) is 4.84. The van der Waals surface area contributed by atoms with Crippen LogP contribution in [0.1, 0.15) is 26.3 Å². The molecule has 0 saturated carbocycles. The van der Waals surface area contributed by atoms with Gasteiger partial charge >= 0.3 is 0 Å². The molecule has 0 fully saturated rings. The van der Waals surface area contributed by atoms with E-state index in [1.54, 1.807) is 12.1 Å². The van der Waals surface area contributed by atoms with Crippen LogP contribution in [0.3, 0.4) is 0 Å². The Morgan fingerprint density at radius 3 is 2.06 bits per heavy atom. The van der Waals surface area contributed by atoms with Crippen LogP contribution in [0.2, 0.25) is 0 Å². The van der Waals surface area contributed by atoms with Gasteiger partial charge in [-0.2, -0.15) is 0 Å². The van der Waals surface area contributed by atoms with E-state index in [-0.39, 0.29) is 11.2 Å². The first-order valence-corrected chi connectivity index (χ1v) is 6.87. The molecule has 0 aromatic heterocycles. The molecule has 0 spiro atoms. The van der Waals surface area contributed by atoms with Crippen LogP contribution in [0.5, 0.6) is 0 Å². The number of hydrogen-bond acceptors (Lipinski definition) is 2. The van der Waals surface area contributed by atoms with E-state index in [0.29, 0.717) is 4.90 Å². The molecule has 1 aromatic carbocycles. The first kappa shape index (κ1) is 13.0. The largest absolute Gasteiger partial charge is 0.223 e. The maximum Gasteiger partial charge on any atom is 0.181 e. The second-order valence-corrected chi connectivity index (χ2v) is 6.88. The summed E-state index contributed by atoms with van der Waals surface area (Å²) in [7, 11) is -3.19. The summed E-state index contributed by atoms with van der Waals surface area (Å²) < 4.78 is 23.4.